The summed E-state index contributed by atoms with van der Waals surface area (Å²) < 4.78 is 4.94. The van der Waals surface area contributed by atoms with Crippen molar-refractivity contribution < 1.29 is 9.84 Å². The van der Waals surface area contributed by atoms with Gasteiger partial charge in [0.2, 0.25) is 0 Å². The number of rotatable bonds is 4. The van der Waals surface area contributed by atoms with Gasteiger partial charge in [-0.25, -0.2) is 5.11 Å². The molecule has 0 aliphatic heterocycles. The summed E-state index contributed by atoms with van der Waals surface area (Å²) in [7, 11) is 0. The highest BCUT2D eigenvalue weighted by Gasteiger charge is 2.03. The van der Waals surface area contributed by atoms with Crippen LogP contribution in [0.15, 0.2) is 0 Å². The Morgan fingerprint density at radius 1 is 1.44 bits per heavy atom. The maximum absolute atomic E-state index is 10.4. The standard InChI is InChI=1S/C7H15O2/c1-4-5-6(2)9-7(3)8/h6-7H,4-5H2,1-3H3. The fourth-order valence-corrected chi connectivity index (χ4v) is 0.802. The molecule has 0 heterocycles. The van der Waals surface area contributed by atoms with Crippen molar-refractivity contribution in [2.45, 2.75) is 46.0 Å². The average molecular weight is 131 g/mol. The van der Waals surface area contributed by atoms with Gasteiger partial charge in [0.15, 0.2) is 6.29 Å². The third kappa shape index (κ3) is 5.80. The molecule has 2 atom stereocenters. The van der Waals surface area contributed by atoms with Gasteiger partial charge in [-0.05, 0) is 20.3 Å². The fourth-order valence-electron chi connectivity index (χ4n) is 0.802. The molecule has 9 heavy (non-hydrogen) atoms. The molecule has 2 heteroatoms. The molecule has 0 saturated carbocycles. The first kappa shape index (κ1) is 8.92. The molecule has 0 saturated heterocycles. The van der Waals surface area contributed by atoms with Gasteiger partial charge in [-0.15, -0.1) is 0 Å². The first-order valence-corrected chi connectivity index (χ1v) is 3.48. The Hall–Kier alpha value is -0.0800. The predicted molar refractivity (Wildman–Crippen MR) is 35.6 cm³/mol. The smallest absolute Gasteiger partial charge is 0.188 e. The molecule has 0 aliphatic rings. The summed E-state index contributed by atoms with van der Waals surface area (Å²) in [4.78, 5) is 0. The Bertz CT molecular complexity index is 61.9. The van der Waals surface area contributed by atoms with Crippen LogP contribution in [0.2, 0.25) is 0 Å². The molecule has 0 fully saturated rings. The largest absolute Gasteiger partial charge is 0.347 e. The van der Waals surface area contributed by atoms with Gasteiger partial charge >= 0.3 is 0 Å². The van der Waals surface area contributed by atoms with Crippen LogP contribution in [0.3, 0.4) is 0 Å². The molecule has 0 amide bonds. The van der Waals surface area contributed by atoms with E-state index in [0.717, 1.165) is 12.8 Å². The van der Waals surface area contributed by atoms with E-state index in [1.165, 1.54) is 6.92 Å². The lowest BCUT2D eigenvalue weighted by molar-refractivity contribution is -0.155. The van der Waals surface area contributed by atoms with Crippen LogP contribution in [-0.4, -0.2) is 12.4 Å². The van der Waals surface area contributed by atoms with E-state index in [4.69, 9.17) is 4.74 Å². The van der Waals surface area contributed by atoms with E-state index in [2.05, 4.69) is 6.92 Å². The summed E-state index contributed by atoms with van der Waals surface area (Å²) in [6.45, 7) is 5.53. The molecule has 2 nitrogen and oxygen atoms in total. The van der Waals surface area contributed by atoms with Gasteiger partial charge in [0.05, 0.1) is 6.10 Å². The van der Waals surface area contributed by atoms with Crippen LogP contribution in [0.1, 0.15) is 33.6 Å². The van der Waals surface area contributed by atoms with Crippen molar-refractivity contribution in [1.29, 1.82) is 0 Å². The SMILES string of the molecule is CCCC(C)OC(C)[O]. The van der Waals surface area contributed by atoms with Crippen molar-refractivity contribution in [3.05, 3.63) is 0 Å². The monoisotopic (exact) mass is 131 g/mol. The Morgan fingerprint density at radius 3 is 2.33 bits per heavy atom. The molecule has 0 bridgehead atoms. The van der Waals surface area contributed by atoms with E-state index in [0.29, 0.717) is 0 Å². The van der Waals surface area contributed by atoms with Gasteiger partial charge in [0.1, 0.15) is 0 Å². The van der Waals surface area contributed by atoms with Crippen LogP contribution in [-0.2, 0) is 9.84 Å². The zero-order valence-electron chi connectivity index (χ0n) is 6.39. The molecule has 0 aromatic heterocycles. The van der Waals surface area contributed by atoms with Gasteiger partial charge in [-0.1, -0.05) is 13.3 Å². The lowest BCUT2D eigenvalue weighted by atomic mass is 10.2. The highest BCUT2D eigenvalue weighted by Crippen LogP contribution is 2.02. The van der Waals surface area contributed by atoms with Crippen molar-refractivity contribution in [2.24, 2.45) is 0 Å². The molecule has 2 unspecified atom stereocenters. The summed E-state index contributed by atoms with van der Waals surface area (Å²) in [5.41, 5.74) is 0. The summed E-state index contributed by atoms with van der Waals surface area (Å²) in [5, 5.41) is 10.4. The molecular weight excluding hydrogens is 116 g/mol. The normalized spacial score (nSPS) is 17.3. The second kappa shape index (κ2) is 4.77. The lowest BCUT2D eigenvalue weighted by Gasteiger charge is -2.11. The van der Waals surface area contributed by atoms with Crippen LogP contribution < -0.4 is 0 Å². The highest BCUT2D eigenvalue weighted by molar-refractivity contribution is 4.46. The molecule has 55 valence electrons. The van der Waals surface area contributed by atoms with Gasteiger partial charge in [-0.3, -0.25) is 0 Å². The summed E-state index contributed by atoms with van der Waals surface area (Å²) in [6, 6.07) is 0. The molecule has 0 spiro atoms. The molecule has 0 rings (SSSR count). The fraction of sp³-hybridized carbons (Fsp3) is 1.00. The maximum atomic E-state index is 10.4. The van der Waals surface area contributed by atoms with E-state index >= 15 is 0 Å². The predicted octanol–water partition coefficient (Wildman–Crippen LogP) is 1.97. The van der Waals surface area contributed by atoms with Crippen LogP contribution in [0, 0.1) is 0 Å². The highest BCUT2D eigenvalue weighted by atomic mass is 16.6. The summed E-state index contributed by atoms with van der Waals surface area (Å²) >= 11 is 0. The summed E-state index contributed by atoms with van der Waals surface area (Å²) in [6.07, 6.45) is 1.31. The minimum absolute atomic E-state index is 0.127. The first-order valence-electron chi connectivity index (χ1n) is 3.48. The van der Waals surface area contributed by atoms with E-state index in [9.17, 15) is 5.11 Å². The van der Waals surface area contributed by atoms with E-state index in [-0.39, 0.29) is 6.10 Å². The van der Waals surface area contributed by atoms with E-state index < -0.39 is 6.29 Å². The quantitative estimate of drug-likeness (QED) is 0.536. The lowest BCUT2D eigenvalue weighted by Crippen LogP contribution is -2.14. The zero-order valence-corrected chi connectivity index (χ0v) is 6.39. The van der Waals surface area contributed by atoms with Gasteiger partial charge < -0.3 is 4.74 Å². The third-order valence-corrected chi connectivity index (χ3v) is 1.12. The Kier molecular flexibility index (Phi) is 4.72. The third-order valence-electron chi connectivity index (χ3n) is 1.12. The first-order chi connectivity index (χ1) is 4.16. The van der Waals surface area contributed by atoms with E-state index in [1.54, 1.807) is 0 Å². The number of hydrogen-bond donors (Lipinski definition) is 0. The number of hydrogen-bond acceptors (Lipinski definition) is 1. The molecule has 0 N–H and O–H groups in total. The minimum atomic E-state index is -0.869. The molecular formula is C7H15O2. The Balaban J connectivity index is 3.15. The average Bonchev–Trinajstić information content (AvgIpc) is 1.63. The van der Waals surface area contributed by atoms with Gasteiger partial charge in [-0.2, -0.15) is 0 Å². The van der Waals surface area contributed by atoms with Crippen molar-refractivity contribution in [3.8, 4) is 0 Å². The van der Waals surface area contributed by atoms with Gasteiger partial charge in [0.25, 0.3) is 0 Å². The molecule has 0 aromatic rings. The maximum Gasteiger partial charge on any atom is 0.188 e. The molecule has 1 radical (unpaired) electrons. The van der Waals surface area contributed by atoms with Crippen LogP contribution in [0.25, 0.3) is 0 Å². The summed E-state index contributed by atoms with van der Waals surface area (Å²) in [5.74, 6) is 0. The van der Waals surface area contributed by atoms with Crippen LogP contribution >= 0.6 is 0 Å². The Labute approximate surface area is 56.8 Å². The van der Waals surface area contributed by atoms with E-state index in [1.807, 2.05) is 6.92 Å². The van der Waals surface area contributed by atoms with Crippen LogP contribution in [0.5, 0.6) is 0 Å². The molecule has 0 aliphatic carbocycles. The van der Waals surface area contributed by atoms with Crippen molar-refractivity contribution in [3.63, 3.8) is 0 Å². The van der Waals surface area contributed by atoms with Crippen molar-refractivity contribution in [2.75, 3.05) is 0 Å². The number of ether oxygens (including phenoxy) is 1. The van der Waals surface area contributed by atoms with Crippen molar-refractivity contribution in [1.82, 2.24) is 0 Å². The van der Waals surface area contributed by atoms with Crippen LogP contribution in [0.4, 0.5) is 0 Å². The topological polar surface area (TPSA) is 29.1 Å². The van der Waals surface area contributed by atoms with Crippen molar-refractivity contribution >= 4 is 0 Å². The van der Waals surface area contributed by atoms with Gasteiger partial charge in [0, 0.05) is 0 Å². The minimum Gasteiger partial charge on any atom is -0.347 e. The second-order valence-electron chi connectivity index (χ2n) is 2.30. The second-order valence-corrected chi connectivity index (χ2v) is 2.30. The Morgan fingerprint density at radius 2 is 2.00 bits per heavy atom. The zero-order chi connectivity index (χ0) is 7.28. The molecule has 0 aromatic carbocycles.